The summed E-state index contributed by atoms with van der Waals surface area (Å²) in [5.41, 5.74) is 8.00. The van der Waals surface area contributed by atoms with Crippen molar-refractivity contribution in [1.29, 1.82) is 0 Å². The smallest absolute Gasteiger partial charge is 0.343 e. The second-order valence-corrected chi connectivity index (χ2v) is 28.0. The highest BCUT2D eigenvalue weighted by Gasteiger charge is 2.31. The number of halogens is 1. The van der Waals surface area contributed by atoms with Crippen LogP contribution < -0.4 is 9.47 Å². The quantitative estimate of drug-likeness (QED) is 0.0445. The lowest BCUT2D eigenvalue weighted by Gasteiger charge is -2.28. The zero-order valence-corrected chi connectivity index (χ0v) is 52.8. The van der Waals surface area contributed by atoms with Gasteiger partial charge in [0.15, 0.2) is 5.78 Å². The first-order chi connectivity index (χ1) is 37.4. The molecule has 81 heavy (non-hydrogen) atoms. The summed E-state index contributed by atoms with van der Waals surface area (Å²) in [4.78, 5) is 27.2. The molecule has 1 heterocycles. The summed E-state index contributed by atoms with van der Waals surface area (Å²) < 4.78 is 11.6. The van der Waals surface area contributed by atoms with Crippen LogP contribution in [0.3, 0.4) is 0 Å². The van der Waals surface area contributed by atoms with E-state index in [-0.39, 0.29) is 55.5 Å². The summed E-state index contributed by atoms with van der Waals surface area (Å²) in [5, 5.41) is 41.6. The lowest BCUT2D eigenvalue weighted by atomic mass is 9.78. The topological polar surface area (TPSA) is 144 Å². The van der Waals surface area contributed by atoms with Gasteiger partial charge in [0.2, 0.25) is 0 Å². The molecule has 10 nitrogen and oxygen atoms in total. The van der Waals surface area contributed by atoms with E-state index in [0.29, 0.717) is 51.0 Å². The maximum atomic E-state index is 13.3. The van der Waals surface area contributed by atoms with Crippen molar-refractivity contribution in [3.05, 3.63) is 164 Å². The number of hydrogen-bond donors (Lipinski definition) is 3. The van der Waals surface area contributed by atoms with Crippen LogP contribution in [0.4, 0.5) is 0 Å². The van der Waals surface area contributed by atoms with Gasteiger partial charge >= 0.3 is 5.97 Å². The molecular formula is C70H92ClN3O7. The number of esters is 1. The van der Waals surface area contributed by atoms with E-state index in [1.165, 1.54) is 42.1 Å². The SMILES string of the molecule is CC(C)(C)c1cc(-n2nc3ccc(Cl)cc3n2)c(O)c(C(C)(C)C)c1.CC(C)(C)c1ccc(OC(=O)c2cc(C(C)(C)C)c(O)c(C(C)(C)C)c2)c(C(C)(C)C)c1.CCCCCCCCOc1ccc(C(=O)c2ccccc2)c(O)c1. The van der Waals surface area contributed by atoms with Crippen LogP contribution in [-0.4, -0.2) is 48.7 Å². The average Bonchev–Trinajstić information content (AvgIpc) is 4.02. The zero-order valence-electron chi connectivity index (χ0n) is 52.0. The summed E-state index contributed by atoms with van der Waals surface area (Å²) in [5.74, 6) is 1.03. The molecular weight excluding hydrogens is 1030 g/mol. The largest absolute Gasteiger partial charge is 0.507 e. The van der Waals surface area contributed by atoms with Crippen molar-refractivity contribution in [2.75, 3.05) is 6.61 Å². The van der Waals surface area contributed by atoms with Gasteiger partial charge < -0.3 is 24.8 Å². The van der Waals surface area contributed by atoms with Crippen molar-refractivity contribution in [3.8, 4) is 34.4 Å². The number of unbranched alkanes of at least 4 members (excludes halogenated alkanes) is 5. The van der Waals surface area contributed by atoms with E-state index in [4.69, 9.17) is 21.1 Å². The van der Waals surface area contributed by atoms with Crippen LogP contribution >= 0.6 is 11.6 Å². The lowest BCUT2D eigenvalue weighted by molar-refractivity contribution is 0.0731. The third-order valence-corrected chi connectivity index (χ3v) is 14.4. The number of benzene rings is 6. The van der Waals surface area contributed by atoms with Crippen molar-refractivity contribution in [1.82, 2.24) is 15.0 Å². The molecule has 0 fully saturated rings. The number of ether oxygens (including phenoxy) is 2. The normalized spacial score (nSPS) is 12.3. The Balaban J connectivity index is 0.000000226. The highest BCUT2D eigenvalue weighted by molar-refractivity contribution is 6.31. The molecule has 0 radical (unpaired) electrons. The lowest BCUT2D eigenvalue weighted by Crippen LogP contribution is -2.21. The molecule has 0 unspecified atom stereocenters. The number of carbonyl (C=O) groups excluding carboxylic acids is 2. The van der Waals surface area contributed by atoms with E-state index >= 15 is 0 Å². The third kappa shape index (κ3) is 17.7. The second-order valence-electron chi connectivity index (χ2n) is 27.5. The van der Waals surface area contributed by atoms with Crippen molar-refractivity contribution >= 4 is 34.4 Å². The highest BCUT2D eigenvalue weighted by atomic mass is 35.5. The molecule has 0 atom stereocenters. The molecule has 0 amide bonds. The number of ketones is 1. The van der Waals surface area contributed by atoms with Crippen LogP contribution in [0.2, 0.25) is 5.02 Å². The monoisotopic (exact) mass is 1120 g/mol. The molecule has 0 saturated carbocycles. The van der Waals surface area contributed by atoms with Gasteiger partial charge in [0.05, 0.1) is 17.7 Å². The van der Waals surface area contributed by atoms with Gasteiger partial charge in [-0.3, -0.25) is 4.79 Å². The summed E-state index contributed by atoms with van der Waals surface area (Å²) in [7, 11) is 0. The number of nitrogens with zero attached hydrogens (tertiary/aromatic N) is 3. The predicted octanol–water partition coefficient (Wildman–Crippen LogP) is 18.5. The molecule has 11 heteroatoms. The number of aromatic nitrogens is 3. The highest BCUT2D eigenvalue weighted by Crippen LogP contribution is 2.42. The molecule has 0 saturated heterocycles. The minimum atomic E-state index is -0.407. The maximum absolute atomic E-state index is 13.3. The second kappa shape index (κ2) is 26.1. The fourth-order valence-electron chi connectivity index (χ4n) is 9.11. The van der Waals surface area contributed by atoms with Crippen LogP contribution in [0, 0.1) is 0 Å². The standard InChI is InChI=1S/C29H42O3.C21H26O3.C20H24ClN3O/c1-26(2,3)19-13-14-23(20(17-19)27(4,5)6)32-25(31)18-15-21(28(7,8)9)24(30)22(16-18)29(10,11)12;1-2-3-4-5-6-10-15-24-18-13-14-19(20(22)16-18)21(23)17-11-8-7-9-12-17;1-19(2,3)12-9-14(20(4,5)6)18(25)17(10-12)24-22-15-8-7-13(21)11-16(15)23-24/h13-17,30H,1-12H3;7-9,11-14,16,22H,2-6,10,15H2,1H3;7-11,25H,1-6H3. The Hall–Kier alpha value is -6.65. The molecule has 0 aliphatic carbocycles. The first kappa shape index (κ1) is 65.2. The Kier molecular flexibility index (Phi) is 21.0. The van der Waals surface area contributed by atoms with Crippen LogP contribution in [0.15, 0.2) is 109 Å². The summed E-state index contributed by atoms with van der Waals surface area (Å²) >= 11 is 6.05. The Bertz CT molecular complexity index is 3240. The van der Waals surface area contributed by atoms with Gasteiger partial charge in [-0.2, -0.15) is 0 Å². The molecule has 7 rings (SSSR count). The molecule has 1 aromatic heterocycles. The van der Waals surface area contributed by atoms with Crippen LogP contribution in [0.1, 0.15) is 230 Å². The van der Waals surface area contributed by atoms with Crippen LogP contribution in [0.25, 0.3) is 16.7 Å². The Morgan fingerprint density at radius 1 is 0.506 bits per heavy atom. The number of aromatic hydroxyl groups is 3. The number of phenolic OH excluding ortho intramolecular Hbond substituents is 3. The molecule has 0 spiro atoms. The molecule has 0 aliphatic rings. The van der Waals surface area contributed by atoms with E-state index in [9.17, 15) is 24.9 Å². The fourth-order valence-corrected chi connectivity index (χ4v) is 9.27. The van der Waals surface area contributed by atoms with E-state index in [2.05, 4.69) is 112 Å². The van der Waals surface area contributed by atoms with Gasteiger partial charge in [-0.05, 0) is 105 Å². The van der Waals surface area contributed by atoms with E-state index in [0.717, 1.165) is 46.2 Å². The van der Waals surface area contributed by atoms with E-state index in [1.54, 1.807) is 48.5 Å². The summed E-state index contributed by atoms with van der Waals surface area (Å²) in [6.45, 7) is 40.7. The number of hydrogen-bond acceptors (Lipinski definition) is 9. The summed E-state index contributed by atoms with van der Waals surface area (Å²) in [6, 6.07) is 32.9. The van der Waals surface area contributed by atoms with Crippen molar-refractivity contribution < 1.29 is 34.4 Å². The zero-order chi connectivity index (χ0) is 60.6. The van der Waals surface area contributed by atoms with Gasteiger partial charge in [0.1, 0.15) is 45.5 Å². The molecule has 3 N–H and O–H groups in total. The molecule has 0 aliphatic heterocycles. The van der Waals surface area contributed by atoms with Gasteiger partial charge in [0.25, 0.3) is 0 Å². The first-order valence-corrected chi connectivity index (χ1v) is 29.0. The molecule has 0 bridgehead atoms. The first-order valence-electron chi connectivity index (χ1n) is 28.6. The minimum absolute atomic E-state index is 0.00269. The molecule has 6 aromatic carbocycles. The Morgan fingerprint density at radius 3 is 1.58 bits per heavy atom. The van der Waals surface area contributed by atoms with E-state index < -0.39 is 5.97 Å². The predicted molar refractivity (Wildman–Crippen MR) is 334 cm³/mol. The number of fused-ring (bicyclic) bond motifs is 1. The Labute approximate surface area is 489 Å². The van der Waals surface area contributed by atoms with Gasteiger partial charge in [0, 0.05) is 38.9 Å². The van der Waals surface area contributed by atoms with Crippen molar-refractivity contribution in [2.24, 2.45) is 0 Å². The molecule has 7 aromatic rings. The fraction of sp³-hybridized carbons (Fsp3) is 0.457. The Morgan fingerprint density at radius 2 is 1.04 bits per heavy atom. The van der Waals surface area contributed by atoms with Gasteiger partial charge in [-0.15, -0.1) is 15.0 Å². The van der Waals surface area contributed by atoms with Crippen molar-refractivity contribution in [2.45, 2.75) is 203 Å². The van der Waals surface area contributed by atoms with Crippen LogP contribution in [0.5, 0.6) is 28.7 Å². The number of carbonyl (C=O) groups is 2. The number of rotatable bonds is 13. The maximum Gasteiger partial charge on any atom is 0.343 e. The average molecular weight is 1120 g/mol. The van der Waals surface area contributed by atoms with E-state index in [1.807, 2.05) is 84.0 Å². The minimum Gasteiger partial charge on any atom is -0.507 e. The van der Waals surface area contributed by atoms with Crippen molar-refractivity contribution in [3.63, 3.8) is 0 Å². The third-order valence-electron chi connectivity index (χ3n) is 14.2. The summed E-state index contributed by atoms with van der Waals surface area (Å²) in [6.07, 6.45) is 7.25. The number of phenols is 3. The van der Waals surface area contributed by atoms with Gasteiger partial charge in [-0.1, -0.05) is 224 Å². The van der Waals surface area contributed by atoms with Crippen LogP contribution in [-0.2, 0) is 32.5 Å². The van der Waals surface area contributed by atoms with Gasteiger partial charge in [-0.25, -0.2) is 4.79 Å². The molecule has 436 valence electrons.